The Bertz CT molecular complexity index is 753. The lowest BCUT2D eigenvalue weighted by Gasteiger charge is -2.16. The van der Waals surface area contributed by atoms with Crippen molar-refractivity contribution in [1.29, 1.82) is 0 Å². The number of ether oxygens (including phenoxy) is 1. The molecule has 3 rings (SSSR count). The fourth-order valence-corrected chi connectivity index (χ4v) is 2.40. The molecule has 1 aromatic heterocycles. The molecule has 0 fully saturated rings. The summed E-state index contributed by atoms with van der Waals surface area (Å²) in [6.07, 6.45) is 2.48. The van der Waals surface area contributed by atoms with Gasteiger partial charge in [0.15, 0.2) is 0 Å². The van der Waals surface area contributed by atoms with Crippen LogP contribution in [0, 0.1) is 0 Å². The van der Waals surface area contributed by atoms with Crippen molar-refractivity contribution >= 4 is 11.0 Å². The molecule has 4 heteroatoms. The lowest BCUT2D eigenvalue weighted by Crippen LogP contribution is -2.05. The first-order valence-corrected chi connectivity index (χ1v) is 6.90. The Kier molecular flexibility index (Phi) is 3.79. The maximum absolute atomic E-state index is 10.7. The van der Waals surface area contributed by atoms with Gasteiger partial charge in [-0.15, -0.1) is 0 Å². The van der Waals surface area contributed by atoms with Gasteiger partial charge in [0.2, 0.25) is 0 Å². The maximum Gasteiger partial charge on any atom is 0.125 e. The zero-order valence-corrected chi connectivity index (χ0v) is 11.7. The minimum absolute atomic E-state index is 0.555. The summed E-state index contributed by atoms with van der Waals surface area (Å²) in [5.41, 5.74) is 2.94. The number of aromatic nitrogens is 2. The summed E-state index contributed by atoms with van der Waals surface area (Å²) in [5, 5.41) is 10.7. The van der Waals surface area contributed by atoms with E-state index < -0.39 is 6.10 Å². The van der Waals surface area contributed by atoms with Crippen LogP contribution in [-0.4, -0.2) is 21.7 Å². The number of para-hydroxylation sites is 2. The Labute approximate surface area is 123 Å². The van der Waals surface area contributed by atoms with Crippen molar-refractivity contribution < 1.29 is 9.84 Å². The summed E-state index contributed by atoms with van der Waals surface area (Å²) in [5.74, 6) is 0.688. The van der Waals surface area contributed by atoms with Gasteiger partial charge in [0, 0.05) is 23.5 Å². The van der Waals surface area contributed by atoms with E-state index in [4.69, 9.17) is 4.74 Å². The zero-order chi connectivity index (χ0) is 14.7. The van der Waals surface area contributed by atoms with Gasteiger partial charge in [-0.3, -0.25) is 9.97 Å². The Hall–Kier alpha value is -2.46. The SMILES string of the molecule is CCOc1ccccc1C(O)c1cccc2nccnc12. The van der Waals surface area contributed by atoms with Crippen LogP contribution >= 0.6 is 0 Å². The molecule has 0 saturated heterocycles. The van der Waals surface area contributed by atoms with Crippen molar-refractivity contribution in [3.63, 3.8) is 0 Å². The minimum Gasteiger partial charge on any atom is -0.493 e. The Morgan fingerprint density at radius 3 is 2.62 bits per heavy atom. The average Bonchev–Trinajstić information content (AvgIpc) is 2.54. The molecule has 0 radical (unpaired) electrons. The number of fused-ring (bicyclic) bond motifs is 1. The molecular formula is C17H16N2O2. The monoisotopic (exact) mass is 280 g/mol. The van der Waals surface area contributed by atoms with Crippen molar-refractivity contribution in [3.8, 4) is 5.75 Å². The highest BCUT2D eigenvalue weighted by atomic mass is 16.5. The molecule has 0 bridgehead atoms. The van der Waals surface area contributed by atoms with Gasteiger partial charge in [-0.25, -0.2) is 0 Å². The fraction of sp³-hybridized carbons (Fsp3) is 0.176. The predicted molar refractivity (Wildman–Crippen MR) is 81.2 cm³/mol. The molecule has 1 heterocycles. The summed E-state index contributed by atoms with van der Waals surface area (Å²) in [6.45, 7) is 2.48. The lowest BCUT2D eigenvalue weighted by molar-refractivity contribution is 0.213. The van der Waals surface area contributed by atoms with Gasteiger partial charge in [-0.05, 0) is 19.1 Å². The lowest BCUT2D eigenvalue weighted by atomic mass is 9.99. The van der Waals surface area contributed by atoms with Gasteiger partial charge in [0.25, 0.3) is 0 Å². The van der Waals surface area contributed by atoms with Gasteiger partial charge in [0.1, 0.15) is 11.9 Å². The number of aliphatic hydroxyl groups is 1. The molecule has 0 spiro atoms. The van der Waals surface area contributed by atoms with E-state index in [-0.39, 0.29) is 0 Å². The largest absolute Gasteiger partial charge is 0.493 e. The number of benzene rings is 2. The summed E-state index contributed by atoms with van der Waals surface area (Å²) >= 11 is 0. The third-order valence-electron chi connectivity index (χ3n) is 3.34. The molecule has 1 atom stereocenters. The van der Waals surface area contributed by atoms with E-state index >= 15 is 0 Å². The van der Waals surface area contributed by atoms with Crippen LogP contribution in [0.5, 0.6) is 5.75 Å². The smallest absolute Gasteiger partial charge is 0.125 e. The van der Waals surface area contributed by atoms with Crippen LogP contribution in [0.4, 0.5) is 0 Å². The molecule has 1 N–H and O–H groups in total. The van der Waals surface area contributed by atoms with Crippen molar-refractivity contribution in [2.45, 2.75) is 13.0 Å². The van der Waals surface area contributed by atoms with E-state index in [1.807, 2.05) is 49.4 Å². The summed E-state index contributed by atoms with van der Waals surface area (Å²) < 4.78 is 5.60. The highest BCUT2D eigenvalue weighted by molar-refractivity contribution is 5.78. The molecule has 0 aliphatic rings. The molecule has 21 heavy (non-hydrogen) atoms. The van der Waals surface area contributed by atoms with Gasteiger partial charge in [-0.2, -0.15) is 0 Å². The quantitative estimate of drug-likeness (QED) is 0.797. The van der Waals surface area contributed by atoms with Crippen LogP contribution in [0.15, 0.2) is 54.9 Å². The predicted octanol–water partition coefficient (Wildman–Crippen LogP) is 3.11. The van der Waals surface area contributed by atoms with Crippen LogP contribution in [-0.2, 0) is 0 Å². The van der Waals surface area contributed by atoms with Crippen LogP contribution in [0.3, 0.4) is 0 Å². The van der Waals surface area contributed by atoms with E-state index in [9.17, 15) is 5.11 Å². The molecule has 0 saturated carbocycles. The number of aliphatic hydroxyl groups excluding tert-OH is 1. The normalized spacial score (nSPS) is 12.3. The first-order chi connectivity index (χ1) is 10.3. The second-order valence-electron chi connectivity index (χ2n) is 4.64. The third kappa shape index (κ3) is 2.58. The zero-order valence-electron chi connectivity index (χ0n) is 11.7. The number of rotatable bonds is 4. The Morgan fingerprint density at radius 2 is 1.76 bits per heavy atom. The molecule has 106 valence electrons. The number of hydrogen-bond acceptors (Lipinski definition) is 4. The Balaban J connectivity index is 2.11. The highest BCUT2D eigenvalue weighted by Gasteiger charge is 2.18. The van der Waals surface area contributed by atoms with Crippen molar-refractivity contribution in [2.24, 2.45) is 0 Å². The van der Waals surface area contributed by atoms with Gasteiger partial charge in [-0.1, -0.05) is 30.3 Å². The minimum atomic E-state index is -0.798. The highest BCUT2D eigenvalue weighted by Crippen LogP contribution is 2.32. The fourth-order valence-electron chi connectivity index (χ4n) is 2.40. The summed E-state index contributed by atoms with van der Waals surface area (Å²) in [4.78, 5) is 8.61. The molecule has 3 aromatic rings. The molecule has 2 aromatic carbocycles. The van der Waals surface area contributed by atoms with E-state index in [0.717, 1.165) is 16.6 Å². The standard InChI is InChI=1S/C17H16N2O2/c1-2-21-15-9-4-3-6-12(15)17(20)13-7-5-8-14-16(13)19-11-10-18-14/h3-11,17,20H,2H2,1H3. The molecular weight excluding hydrogens is 264 g/mol. The van der Waals surface area contributed by atoms with Crippen molar-refractivity contribution in [3.05, 3.63) is 66.0 Å². The second kappa shape index (κ2) is 5.89. The van der Waals surface area contributed by atoms with Crippen LogP contribution < -0.4 is 4.74 Å². The van der Waals surface area contributed by atoms with Gasteiger partial charge in [0.05, 0.1) is 17.6 Å². The molecule has 0 aliphatic heterocycles. The van der Waals surface area contributed by atoms with E-state index in [2.05, 4.69) is 9.97 Å². The van der Waals surface area contributed by atoms with Crippen LogP contribution in [0.25, 0.3) is 11.0 Å². The van der Waals surface area contributed by atoms with Crippen LogP contribution in [0.2, 0.25) is 0 Å². The second-order valence-corrected chi connectivity index (χ2v) is 4.64. The molecule has 4 nitrogen and oxygen atoms in total. The van der Waals surface area contributed by atoms with Crippen LogP contribution in [0.1, 0.15) is 24.2 Å². The maximum atomic E-state index is 10.7. The van der Waals surface area contributed by atoms with E-state index in [1.165, 1.54) is 0 Å². The average molecular weight is 280 g/mol. The van der Waals surface area contributed by atoms with E-state index in [0.29, 0.717) is 17.9 Å². The van der Waals surface area contributed by atoms with Gasteiger partial charge < -0.3 is 9.84 Å². The number of nitrogens with zero attached hydrogens (tertiary/aromatic N) is 2. The number of hydrogen-bond donors (Lipinski definition) is 1. The first kappa shape index (κ1) is 13.5. The van der Waals surface area contributed by atoms with Crippen molar-refractivity contribution in [2.75, 3.05) is 6.61 Å². The van der Waals surface area contributed by atoms with Crippen molar-refractivity contribution in [1.82, 2.24) is 9.97 Å². The summed E-state index contributed by atoms with van der Waals surface area (Å²) in [6, 6.07) is 13.1. The summed E-state index contributed by atoms with van der Waals surface area (Å²) in [7, 11) is 0. The third-order valence-corrected chi connectivity index (χ3v) is 3.34. The topological polar surface area (TPSA) is 55.2 Å². The first-order valence-electron chi connectivity index (χ1n) is 6.90. The Morgan fingerprint density at radius 1 is 1.00 bits per heavy atom. The molecule has 0 aliphatic carbocycles. The van der Waals surface area contributed by atoms with Gasteiger partial charge >= 0.3 is 0 Å². The molecule has 1 unspecified atom stereocenters. The molecule has 0 amide bonds. The van der Waals surface area contributed by atoms with E-state index in [1.54, 1.807) is 12.4 Å².